The van der Waals surface area contributed by atoms with Crippen molar-refractivity contribution in [3.63, 3.8) is 0 Å². The molecule has 0 fully saturated rings. The minimum Gasteiger partial charge on any atom is -0.466 e. The highest BCUT2D eigenvalue weighted by molar-refractivity contribution is 6.37. The summed E-state index contributed by atoms with van der Waals surface area (Å²) in [4.78, 5) is 11.3. The van der Waals surface area contributed by atoms with Gasteiger partial charge in [-0.25, -0.2) is 8.78 Å². The van der Waals surface area contributed by atoms with E-state index in [9.17, 15) is 13.6 Å². The van der Waals surface area contributed by atoms with Gasteiger partial charge in [0.25, 0.3) is 0 Å². The molecular weight excluding hydrogens is 357 g/mol. The summed E-state index contributed by atoms with van der Waals surface area (Å²) in [6.45, 7) is 7.38. The molecule has 0 atom stereocenters. The van der Waals surface area contributed by atoms with Crippen molar-refractivity contribution in [3.05, 3.63) is 63.7 Å². The van der Waals surface area contributed by atoms with E-state index in [4.69, 9.17) is 27.9 Å². The molecule has 0 amide bonds. The second kappa shape index (κ2) is 9.60. The minimum absolute atomic E-state index is 0.0574. The van der Waals surface area contributed by atoms with Gasteiger partial charge >= 0.3 is 5.97 Å². The highest BCUT2D eigenvalue weighted by atomic mass is 35.5. The Hall–Kier alpha value is -1.65. The van der Waals surface area contributed by atoms with Crippen molar-refractivity contribution in [2.45, 2.75) is 26.7 Å². The summed E-state index contributed by atoms with van der Waals surface area (Å²) < 4.78 is 32.2. The highest BCUT2D eigenvalue weighted by Gasteiger charge is 2.13. The fourth-order valence-corrected chi connectivity index (χ4v) is 2.64. The van der Waals surface area contributed by atoms with Crippen molar-refractivity contribution in [1.82, 2.24) is 0 Å². The molecule has 0 aliphatic rings. The van der Waals surface area contributed by atoms with E-state index in [1.807, 2.05) is 0 Å². The van der Waals surface area contributed by atoms with E-state index in [1.165, 1.54) is 6.08 Å². The third-order valence-electron chi connectivity index (χ3n) is 2.88. The summed E-state index contributed by atoms with van der Waals surface area (Å²) in [5.41, 5.74) is 1.28. The molecule has 0 spiro atoms. The summed E-state index contributed by atoms with van der Waals surface area (Å²) in [6, 6.07) is 2.19. The monoisotopic (exact) mass is 374 g/mol. The first-order valence-electron chi connectivity index (χ1n) is 7.28. The van der Waals surface area contributed by atoms with Crippen molar-refractivity contribution in [1.29, 1.82) is 0 Å². The Balaban J connectivity index is 3.14. The number of rotatable bonds is 7. The van der Waals surface area contributed by atoms with Gasteiger partial charge < -0.3 is 4.74 Å². The maximum absolute atomic E-state index is 14.2. The average Bonchev–Trinajstić information content (AvgIpc) is 2.43. The predicted molar refractivity (Wildman–Crippen MR) is 94.3 cm³/mol. The Labute approximate surface area is 150 Å². The van der Waals surface area contributed by atoms with Crippen LogP contribution in [0.25, 0.3) is 5.57 Å². The molecule has 1 aromatic rings. The summed E-state index contributed by atoms with van der Waals surface area (Å²) in [6.07, 6.45) is 2.58. The largest absolute Gasteiger partial charge is 0.466 e. The van der Waals surface area contributed by atoms with Crippen LogP contribution in [0.3, 0.4) is 0 Å². The number of carbonyl (C=O) groups excluding carboxylic acids is 1. The average molecular weight is 375 g/mol. The SMILES string of the molecule is C=C(C)/C=C(\C=C(/F)CCC(=O)OCC)c1c(Cl)cc(F)cc1Cl. The molecular formula is C18H18Cl2F2O2. The molecule has 0 aromatic heterocycles. The van der Waals surface area contributed by atoms with Crippen LogP contribution in [0.1, 0.15) is 32.3 Å². The lowest BCUT2D eigenvalue weighted by Gasteiger charge is -2.10. The first-order chi connectivity index (χ1) is 11.2. The van der Waals surface area contributed by atoms with Crippen LogP contribution in [0.2, 0.25) is 10.0 Å². The van der Waals surface area contributed by atoms with E-state index in [-0.39, 0.29) is 29.5 Å². The Morgan fingerprint density at radius 2 is 1.83 bits per heavy atom. The molecule has 0 radical (unpaired) electrons. The number of allylic oxidation sites excluding steroid dienone is 5. The van der Waals surface area contributed by atoms with Crippen LogP contribution < -0.4 is 0 Å². The molecule has 0 bridgehead atoms. The zero-order valence-corrected chi connectivity index (χ0v) is 15.0. The second-order valence-corrected chi connectivity index (χ2v) is 5.90. The molecule has 0 aliphatic heterocycles. The second-order valence-electron chi connectivity index (χ2n) is 5.09. The molecule has 130 valence electrons. The molecule has 1 rings (SSSR count). The van der Waals surface area contributed by atoms with Gasteiger partial charge in [0.2, 0.25) is 0 Å². The Kier molecular flexibility index (Phi) is 8.16. The predicted octanol–water partition coefficient (Wildman–Crippen LogP) is 6.29. The van der Waals surface area contributed by atoms with Crippen molar-refractivity contribution in [3.8, 4) is 0 Å². The van der Waals surface area contributed by atoms with Crippen molar-refractivity contribution in [2.75, 3.05) is 6.61 Å². The van der Waals surface area contributed by atoms with Crippen LogP contribution in [-0.2, 0) is 9.53 Å². The van der Waals surface area contributed by atoms with Crippen molar-refractivity contribution >= 4 is 34.7 Å². The lowest BCUT2D eigenvalue weighted by atomic mass is 10.0. The zero-order valence-electron chi connectivity index (χ0n) is 13.5. The Bertz CT molecular complexity index is 671. The van der Waals surface area contributed by atoms with E-state index < -0.39 is 17.6 Å². The third kappa shape index (κ3) is 6.46. The van der Waals surface area contributed by atoms with Crippen molar-refractivity contribution < 1.29 is 18.3 Å². The van der Waals surface area contributed by atoms with E-state index in [1.54, 1.807) is 19.9 Å². The molecule has 0 saturated carbocycles. The standard InChI is InChI=1S/C18H18Cl2F2O2/c1-4-24-17(23)6-5-13(21)8-12(7-11(2)3)18-15(19)9-14(22)10-16(18)20/h7-10H,2,4-6H2,1,3H3/b12-7+,13-8-. The highest BCUT2D eigenvalue weighted by Crippen LogP contribution is 2.34. The van der Waals surface area contributed by atoms with E-state index in [0.29, 0.717) is 16.7 Å². The number of hydrogen-bond donors (Lipinski definition) is 0. The summed E-state index contributed by atoms with van der Waals surface area (Å²) in [7, 11) is 0. The summed E-state index contributed by atoms with van der Waals surface area (Å²) in [5, 5.41) is 0.115. The molecule has 2 nitrogen and oxygen atoms in total. The quantitative estimate of drug-likeness (QED) is 0.414. The lowest BCUT2D eigenvalue weighted by Crippen LogP contribution is -2.03. The van der Waals surface area contributed by atoms with Gasteiger partial charge in [-0.05, 0) is 37.6 Å². The van der Waals surface area contributed by atoms with E-state index >= 15 is 0 Å². The van der Waals surface area contributed by atoms with Gasteiger partial charge in [0.05, 0.1) is 23.1 Å². The van der Waals surface area contributed by atoms with Crippen LogP contribution >= 0.6 is 23.2 Å². The van der Waals surface area contributed by atoms with Gasteiger partial charge in [0.1, 0.15) is 11.6 Å². The molecule has 0 unspecified atom stereocenters. The van der Waals surface area contributed by atoms with Gasteiger partial charge in [-0.2, -0.15) is 0 Å². The summed E-state index contributed by atoms with van der Waals surface area (Å²) in [5.74, 6) is -1.62. The maximum atomic E-state index is 14.2. The summed E-state index contributed by atoms with van der Waals surface area (Å²) >= 11 is 12.1. The van der Waals surface area contributed by atoms with Gasteiger partial charge in [-0.3, -0.25) is 4.79 Å². The molecule has 0 N–H and O–H groups in total. The smallest absolute Gasteiger partial charge is 0.306 e. The van der Waals surface area contributed by atoms with Crippen LogP contribution in [0.4, 0.5) is 8.78 Å². The van der Waals surface area contributed by atoms with Crippen molar-refractivity contribution in [2.24, 2.45) is 0 Å². The number of halogens is 4. The third-order valence-corrected chi connectivity index (χ3v) is 3.48. The lowest BCUT2D eigenvalue weighted by molar-refractivity contribution is -0.143. The van der Waals surface area contributed by atoms with Crippen LogP contribution in [-0.4, -0.2) is 12.6 Å². The van der Waals surface area contributed by atoms with Gasteiger partial charge in [-0.1, -0.05) is 41.4 Å². The molecule has 1 aromatic carbocycles. The minimum atomic E-state index is -0.588. The number of esters is 1. The van der Waals surface area contributed by atoms with Crippen LogP contribution in [0, 0.1) is 5.82 Å². The number of benzene rings is 1. The van der Waals surface area contributed by atoms with Gasteiger partial charge in [0, 0.05) is 12.0 Å². The first kappa shape index (κ1) is 20.4. The zero-order chi connectivity index (χ0) is 18.3. The fraction of sp³-hybridized carbons (Fsp3) is 0.278. The number of ether oxygens (including phenoxy) is 1. The molecule has 6 heteroatoms. The van der Waals surface area contributed by atoms with Gasteiger partial charge in [-0.15, -0.1) is 0 Å². The Morgan fingerprint density at radius 1 is 1.25 bits per heavy atom. The number of carbonyl (C=O) groups is 1. The van der Waals surface area contributed by atoms with E-state index in [0.717, 1.165) is 12.1 Å². The fourth-order valence-electron chi connectivity index (χ4n) is 1.96. The molecule has 0 aliphatic carbocycles. The normalized spacial score (nSPS) is 12.2. The molecule has 0 saturated heterocycles. The topological polar surface area (TPSA) is 26.3 Å². The Morgan fingerprint density at radius 3 is 2.33 bits per heavy atom. The first-order valence-corrected chi connectivity index (χ1v) is 8.04. The van der Waals surface area contributed by atoms with Crippen LogP contribution in [0.15, 0.2) is 42.3 Å². The number of hydrogen-bond acceptors (Lipinski definition) is 2. The van der Waals surface area contributed by atoms with Crippen LogP contribution in [0.5, 0.6) is 0 Å². The molecule has 0 heterocycles. The van der Waals surface area contributed by atoms with E-state index in [2.05, 4.69) is 6.58 Å². The molecule has 24 heavy (non-hydrogen) atoms. The maximum Gasteiger partial charge on any atom is 0.306 e. The van der Waals surface area contributed by atoms with Gasteiger partial charge in [0.15, 0.2) is 0 Å².